The second-order valence-corrected chi connectivity index (χ2v) is 6.00. The molecule has 1 rings (SSSR count). The van der Waals surface area contributed by atoms with Crippen molar-refractivity contribution in [3.05, 3.63) is 23.8 Å². The van der Waals surface area contributed by atoms with Crippen molar-refractivity contribution >= 4 is 0 Å². The largest absolute Gasteiger partial charge is 0.395 e. The molecule has 1 aromatic rings. The lowest BCUT2D eigenvalue weighted by molar-refractivity contribution is -0.0137. The van der Waals surface area contributed by atoms with Crippen LogP contribution in [0.25, 0.3) is 0 Å². The zero-order valence-corrected chi connectivity index (χ0v) is 14.4. The highest BCUT2D eigenvalue weighted by atomic mass is 16.4. The average molecular weight is 359 g/mol. The lowest BCUT2D eigenvalue weighted by Gasteiger charge is -2.26. The molecule has 0 bridgehead atoms. The molecule has 25 heavy (non-hydrogen) atoms. The number of aromatic nitrogens is 2. The summed E-state index contributed by atoms with van der Waals surface area (Å²) in [5, 5.41) is 59.1. The van der Waals surface area contributed by atoms with Gasteiger partial charge < -0.3 is 36.0 Å². The predicted molar refractivity (Wildman–Crippen MR) is 89.6 cm³/mol. The fourth-order valence-electron chi connectivity index (χ4n) is 2.40. The highest BCUT2D eigenvalue weighted by Crippen LogP contribution is 2.17. The third-order valence-corrected chi connectivity index (χ3v) is 3.97. The molecule has 0 amide bonds. The Kier molecular flexibility index (Phi) is 9.98. The highest BCUT2D eigenvalue weighted by Gasteiger charge is 2.23. The Bertz CT molecular complexity index is 475. The fourth-order valence-corrected chi connectivity index (χ4v) is 2.40. The van der Waals surface area contributed by atoms with Crippen LogP contribution >= 0.6 is 0 Å². The molecule has 9 nitrogen and oxygen atoms in total. The molecule has 1 aromatic heterocycles. The van der Waals surface area contributed by atoms with Gasteiger partial charge in [-0.25, -0.2) is 0 Å². The van der Waals surface area contributed by atoms with E-state index in [1.807, 2.05) is 6.92 Å². The Balaban J connectivity index is 2.80. The molecule has 0 aliphatic carbocycles. The molecule has 0 spiro atoms. The van der Waals surface area contributed by atoms with Crippen LogP contribution in [0.5, 0.6) is 0 Å². The summed E-state index contributed by atoms with van der Waals surface area (Å²) in [6.07, 6.45) is 1.12. The normalized spacial score (nSPS) is 17.7. The lowest BCUT2D eigenvalue weighted by Crippen LogP contribution is -2.46. The summed E-state index contributed by atoms with van der Waals surface area (Å²) in [6, 6.07) is -0.956. The molecule has 9 heteroatoms. The third-order valence-electron chi connectivity index (χ3n) is 3.97. The van der Waals surface area contributed by atoms with E-state index >= 15 is 0 Å². The minimum Gasteiger partial charge on any atom is -0.395 e. The van der Waals surface area contributed by atoms with Crippen LogP contribution < -0.4 is 5.32 Å². The molecular weight excluding hydrogens is 330 g/mol. The van der Waals surface area contributed by atoms with Crippen LogP contribution in [0.2, 0.25) is 0 Å². The molecule has 0 aliphatic heterocycles. The first-order valence-corrected chi connectivity index (χ1v) is 8.40. The van der Waals surface area contributed by atoms with E-state index in [1.54, 1.807) is 0 Å². The minimum atomic E-state index is -1.23. The van der Waals surface area contributed by atoms with Crippen LogP contribution in [0.1, 0.15) is 37.2 Å². The van der Waals surface area contributed by atoms with Crippen LogP contribution in [-0.4, -0.2) is 84.8 Å². The van der Waals surface area contributed by atoms with Gasteiger partial charge in [-0.15, -0.1) is 0 Å². The third kappa shape index (κ3) is 6.90. The molecule has 0 saturated heterocycles. The molecule has 1 heterocycles. The van der Waals surface area contributed by atoms with Crippen LogP contribution in [0.3, 0.4) is 0 Å². The van der Waals surface area contributed by atoms with Crippen LogP contribution in [0, 0.1) is 0 Å². The molecule has 0 unspecified atom stereocenters. The van der Waals surface area contributed by atoms with Crippen LogP contribution in [0.4, 0.5) is 0 Å². The number of hydrogen-bond donors (Lipinski definition) is 7. The Morgan fingerprint density at radius 3 is 2.08 bits per heavy atom. The smallest absolute Gasteiger partial charge is 0.103 e. The SMILES string of the molecule is CCC[C@@H](N[C@H](CO)[C@@H](O)CO)c1cnc(C[C@H](O)[C@H](O)CO)cn1. The van der Waals surface area contributed by atoms with Crippen molar-refractivity contribution in [1.29, 1.82) is 0 Å². The van der Waals surface area contributed by atoms with Crippen molar-refractivity contribution in [2.45, 2.75) is 56.6 Å². The summed E-state index contributed by atoms with van der Waals surface area (Å²) < 4.78 is 0. The van der Waals surface area contributed by atoms with Crippen molar-refractivity contribution < 1.29 is 30.6 Å². The molecule has 0 saturated carbocycles. The van der Waals surface area contributed by atoms with Crippen molar-refractivity contribution in [3.8, 4) is 0 Å². The maximum absolute atomic E-state index is 9.72. The van der Waals surface area contributed by atoms with Gasteiger partial charge in [0.15, 0.2) is 0 Å². The number of aliphatic hydroxyl groups is 6. The number of hydrogen-bond acceptors (Lipinski definition) is 9. The predicted octanol–water partition coefficient (Wildman–Crippen LogP) is -2.12. The maximum Gasteiger partial charge on any atom is 0.103 e. The van der Waals surface area contributed by atoms with Gasteiger partial charge in [0.1, 0.15) is 6.10 Å². The Morgan fingerprint density at radius 1 is 0.920 bits per heavy atom. The van der Waals surface area contributed by atoms with E-state index < -0.39 is 37.6 Å². The first-order valence-electron chi connectivity index (χ1n) is 8.40. The molecule has 0 aliphatic rings. The fraction of sp³-hybridized carbons (Fsp3) is 0.750. The van der Waals surface area contributed by atoms with E-state index in [0.29, 0.717) is 17.8 Å². The molecule has 0 fully saturated rings. The Labute approximate surface area is 147 Å². The Hall–Kier alpha value is -1.20. The first-order chi connectivity index (χ1) is 12.0. The van der Waals surface area contributed by atoms with Gasteiger partial charge in [-0.3, -0.25) is 9.97 Å². The molecule has 5 atom stereocenters. The maximum atomic E-state index is 9.72. The van der Waals surface area contributed by atoms with E-state index in [-0.39, 0.29) is 19.1 Å². The summed E-state index contributed by atoms with van der Waals surface area (Å²) in [5.41, 5.74) is 1.07. The summed E-state index contributed by atoms with van der Waals surface area (Å²) >= 11 is 0. The molecule has 0 radical (unpaired) electrons. The summed E-state index contributed by atoms with van der Waals surface area (Å²) in [4.78, 5) is 8.51. The van der Waals surface area contributed by atoms with Gasteiger partial charge in [0.2, 0.25) is 0 Å². The zero-order chi connectivity index (χ0) is 18.8. The number of rotatable bonds is 12. The monoisotopic (exact) mass is 359 g/mol. The van der Waals surface area contributed by atoms with E-state index in [0.717, 1.165) is 6.42 Å². The zero-order valence-electron chi connectivity index (χ0n) is 14.4. The van der Waals surface area contributed by atoms with E-state index in [2.05, 4.69) is 15.3 Å². The van der Waals surface area contributed by atoms with Gasteiger partial charge in [0, 0.05) is 12.6 Å². The highest BCUT2D eigenvalue weighted by molar-refractivity contribution is 5.08. The molecular formula is C16H29N3O6. The van der Waals surface area contributed by atoms with Crippen molar-refractivity contribution in [3.63, 3.8) is 0 Å². The Morgan fingerprint density at radius 2 is 1.60 bits per heavy atom. The van der Waals surface area contributed by atoms with Gasteiger partial charge >= 0.3 is 0 Å². The van der Waals surface area contributed by atoms with Crippen molar-refractivity contribution in [2.75, 3.05) is 19.8 Å². The van der Waals surface area contributed by atoms with E-state index in [4.69, 9.17) is 10.2 Å². The van der Waals surface area contributed by atoms with Gasteiger partial charge in [-0.2, -0.15) is 0 Å². The molecule has 144 valence electrons. The second kappa shape index (κ2) is 11.4. The summed E-state index contributed by atoms with van der Waals surface area (Å²) in [7, 11) is 0. The number of nitrogens with zero attached hydrogens (tertiary/aromatic N) is 2. The van der Waals surface area contributed by atoms with Gasteiger partial charge in [-0.05, 0) is 6.42 Å². The summed E-state index contributed by atoms with van der Waals surface area (Å²) in [5.74, 6) is 0. The quantitative estimate of drug-likeness (QED) is 0.221. The first kappa shape index (κ1) is 21.8. The van der Waals surface area contributed by atoms with Gasteiger partial charge in [0.25, 0.3) is 0 Å². The van der Waals surface area contributed by atoms with Crippen molar-refractivity contribution in [1.82, 2.24) is 15.3 Å². The number of nitrogens with one attached hydrogen (secondary N) is 1. The van der Waals surface area contributed by atoms with Gasteiger partial charge in [0.05, 0.1) is 61.7 Å². The minimum absolute atomic E-state index is 0.0589. The molecule has 0 aromatic carbocycles. The average Bonchev–Trinajstić information content (AvgIpc) is 2.64. The lowest BCUT2D eigenvalue weighted by atomic mass is 10.0. The standard InChI is InChI=1S/C16H29N3O6/c1-2-3-11(19-13(7-20)15(24)8-21)12-6-17-10(5-18-12)4-14(23)16(25)9-22/h5-6,11,13-16,19-25H,2-4,7-9H2,1H3/t11-,13-,14+,15+,16-/m1/s1. The number of aliphatic hydroxyl groups excluding tert-OH is 6. The second-order valence-electron chi connectivity index (χ2n) is 6.00. The van der Waals surface area contributed by atoms with Crippen molar-refractivity contribution in [2.24, 2.45) is 0 Å². The van der Waals surface area contributed by atoms with Gasteiger partial charge in [-0.1, -0.05) is 13.3 Å². The topological polar surface area (TPSA) is 159 Å². The summed E-state index contributed by atoms with van der Waals surface area (Å²) in [6.45, 7) is 0.649. The van der Waals surface area contributed by atoms with E-state index in [1.165, 1.54) is 12.4 Å². The van der Waals surface area contributed by atoms with Crippen LogP contribution in [0.15, 0.2) is 12.4 Å². The van der Waals surface area contributed by atoms with Crippen LogP contribution in [-0.2, 0) is 6.42 Å². The van der Waals surface area contributed by atoms with E-state index in [9.17, 15) is 20.4 Å². The molecule has 7 N–H and O–H groups in total.